The predicted molar refractivity (Wildman–Crippen MR) is 69.8 cm³/mol. The number of H-pyrrole nitrogens is 1. The summed E-state index contributed by atoms with van der Waals surface area (Å²) >= 11 is 1.18. The van der Waals surface area contributed by atoms with E-state index in [4.69, 9.17) is 10.8 Å². The van der Waals surface area contributed by atoms with Crippen LogP contribution in [-0.2, 0) is 0 Å². The van der Waals surface area contributed by atoms with Crippen molar-refractivity contribution < 1.29 is 10.2 Å². The molecule has 19 heavy (non-hydrogen) atoms. The molecule has 0 radical (unpaired) electrons. The Bertz CT molecular complexity index is 827. The second kappa shape index (κ2) is 4.23. The van der Waals surface area contributed by atoms with Gasteiger partial charge in [-0.15, -0.1) is 11.3 Å². The minimum Gasteiger partial charge on any atom is -0.393 e. The van der Waals surface area contributed by atoms with Crippen molar-refractivity contribution in [2.45, 2.75) is 6.10 Å². The Morgan fingerprint density at radius 1 is 1.42 bits per heavy atom. The van der Waals surface area contributed by atoms with Crippen molar-refractivity contribution in [2.24, 2.45) is 0 Å². The standard InChI is InChI=1S/C10H9N5O3S/c11-10-14-7-6(8(18)15-10)12-3-1-5(4(17)2-16)19-9(3)13-7/h1,4,16-17H,2H2,(H3,11,13,14,15,18)/t4-/m0/s1. The van der Waals surface area contributed by atoms with Gasteiger partial charge in [0, 0.05) is 4.88 Å². The smallest absolute Gasteiger partial charge is 0.280 e. The lowest BCUT2D eigenvalue weighted by Gasteiger charge is -2.00. The molecule has 5 N–H and O–H groups in total. The number of aromatic nitrogens is 4. The molecule has 3 rings (SSSR count). The summed E-state index contributed by atoms with van der Waals surface area (Å²) in [5, 5.41) is 18.5. The van der Waals surface area contributed by atoms with E-state index in [-0.39, 0.29) is 17.1 Å². The van der Waals surface area contributed by atoms with Crippen LogP contribution in [0.4, 0.5) is 5.95 Å². The fourth-order valence-corrected chi connectivity index (χ4v) is 2.62. The summed E-state index contributed by atoms with van der Waals surface area (Å²) in [6, 6.07) is 1.59. The van der Waals surface area contributed by atoms with E-state index in [1.807, 2.05) is 0 Å². The Morgan fingerprint density at radius 2 is 2.21 bits per heavy atom. The van der Waals surface area contributed by atoms with Crippen LogP contribution in [0.2, 0.25) is 0 Å². The van der Waals surface area contributed by atoms with Gasteiger partial charge >= 0.3 is 0 Å². The van der Waals surface area contributed by atoms with Crippen LogP contribution in [0.5, 0.6) is 0 Å². The highest BCUT2D eigenvalue weighted by atomic mass is 32.1. The molecule has 0 aliphatic heterocycles. The molecule has 9 heteroatoms. The Kier molecular flexibility index (Phi) is 2.66. The Morgan fingerprint density at radius 3 is 2.95 bits per heavy atom. The third kappa shape index (κ3) is 1.93. The number of nitrogens with one attached hydrogen (secondary N) is 1. The average Bonchev–Trinajstić information content (AvgIpc) is 2.78. The van der Waals surface area contributed by atoms with Gasteiger partial charge < -0.3 is 15.9 Å². The lowest BCUT2D eigenvalue weighted by Crippen LogP contribution is -2.13. The first-order valence-electron chi connectivity index (χ1n) is 5.34. The number of thiophene rings is 1. The molecule has 0 saturated carbocycles. The van der Waals surface area contributed by atoms with E-state index in [9.17, 15) is 9.90 Å². The molecule has 3 aromatic rings. The minimum atomic E-state index is -0.986. The van der Waals surface area contributed by atoms with E-state index in [2.05, 4.69) is 19.9 Å². The van der Waals surface area contributed by atoms with E-state index in [1.54, 1.807) is 6.07 Å². The van der Waals surface area contributed by atoms with Gasteiger partial charge in [0.15, 0.2) is 11.2 Å². The highest BCUT2D eigenvalue weighted by Gasteiger charge is 2.14. The lowest BCUT2D eigenvalue weighted by molar-refractivity contribution is 0.0984. The summed E-state index contributed by atoms with van der Waals surface area (Å²) in [5.74, 6) is -0.0293. The normalized spacial score (nSPS) is 13.2. The molecule has 0 aliphatic carbocycles. The third-order valence-corrected chi connectivity index (χ3v) is 3.67. The number of aromatic amines is 1. The maximum Gasteiger partial charge on any atom is 0.280 e. The summed E-state index contributed by atoms with van der Waals surface area (Å²) in [5.41, 5.74) is 5.68. The van der Waals surface area contributed by atoms with Crippen LogP contribution in [0, 0.1) is 0 Å². The predicted octanol–water partition coefficient (Wildman–Crippen LogP) is -0.464. The maximum atomic E-state index is 11.7. The Hall–Kier alpha value is -2.10. The molecule has 0 aliphatic rings. The number of nitrogens with two attached hydrogens (primary N) is 1. The highest BCUT2D eigenvalue weighted by molar-refractivity contribution is 7.18. The van der Waals surface area contributed by atoms with Crippen molar-refractivity contribution in [3.8, 4) is 0 Å². The van der Waals surface area contributed by atoms with E-state index in [1.165, 1.54) is 11.3 Å². The second-order valence-corrected chi connectivity index (χ2v) is 4.95. The zero-order valence-corrected chi connectivity index (χ0v) is 10.3. The maximum absolute atomic E-state index is 11.7. The van der Waals surface area contributed by atoms with E-state index in [0.717, 1.165) is 0 Å². The van der Waals surface area contributed by atoms with Gasteiger partial charge in [0.05, 0.1) is 6.61 Å². The first-order valence-corrected chi connectivity index (χ1v) is 6.16. The van der Waals surface area contributed by atoms with Gasteiger partial charge in [-0.25, -0.2) is 9.97 Å². The fraction of sp³-hybridized carbons (Fsp3) is 0.200. The van der Waals surface area contributed by atoms with Crippen LogP contribution >= 0.6 is 11.3 Å². The van der Waals surface area contributed by atoms with Crippen LogP contribution in [0.3, 0.4) is 0 Å². The number of anilines is 1. The van der Waals surface area contributed by atoms with Gasteiger partial charge in [0.25, 0.3) is 5.56 Å². The third-order valence-electron chi connectivity index (χ3n) is 2.55. The molecule has 3 heterocycles. The van der Waals surface area contributed by atoms with Crippen molar-refractivity contribution >= 4 is 38.8 Å². The van der Waals surface area contributed by atoms with Gasteiger partial charge in [-0.05, 0) is 6.07 Å². The number of fused-ring (bicyclic) bond motifs is 2. The largest absolute Gasteiger partial charge is 0.393 e. The molecule has 0 spiro atoms. The van der Waals surface area contributed by atoms with Gasteiger partial charge in [0.1, 0.15) is 16.5 Å². The lowest BCUT2D eigenvalue weighted by atomic mass is 10.3. The van der Waals surface area contributed by atoms with E-state index in [0.29, 0.717) is 15.2 Å². The summed E-state index contributed by atoms with van der Waals surface area (Å²) in [7, 11) is 0. The zero-order chi connectivity index (χ0) is 13.6. The monoisotopic (exact) mass is 279 g/mol. The molecule has 0 unspecified atom stereocenters. The molecular formula is C10H9N5O3S. The fourth-order valence-electron chi connectivity index (χ4n) is 1.67. The molecule has 0 fully saturated rings. The van der Waals surface area contributed by atoms with E-state index < -0.39 is 18.3 Å². The summed E-state index contributed by atoms with van der Waals surface area (Å²) in [6.07, 6.45) is -0.986. The van der Waals surface area contributed by atoms with Gasteiger partial charge in [0.2, 0.25) is 5.95 Å². The van der Waals surface area contributed by atoms with Crippen molar-refractivity contribution in [3.63, 3.8) is 0 Å². The molecule has 0 aromatic carbocycles. The number of aliphatic hydroxyl groups excluding tert-OH is 2. The molecule has 0 amide bonds. The molecule has 3 aromatic heterocycles. The molecule has 0 bridgehead atoms. The van der Waals surface area contributed by atoms with Crippen LogP contribution in [0.25, 0.3) is 21.5 Å². The highest BCUT2D eigenvalue weighted by Crippen LogP contribution is 2.28. The van der Waals surface area contributed by atoms with Crippen LogP contribution in [0.1, 0.15) is 11.0 Å². The minimum absolute atomic E-state index is 0.0293. The summed E-state index contributed by atoms with van der Waals surface area (Å²) < 4.78 is 0. The van der Waals surface area contributed by atoms with Gasteiger partial charge in [-0.1, -0.05) is 0 Å². The number of nitrogens with zero attached hydrogens (tertiary/aromatic N) is 3. The van der Waals surface area contributed by atoms with Crippen molar-refractivity contribution in [2.75, 3.05) is 12.3 Å². The molecule has 8 nitrogen and oxygen atoms in total. The van der Waals surface area contributed by atoms with Gasteiger partial charge in [-0.3, -0.25) is 9.78 Å². The second-order valence-electron chi connectivity index (χ2n) is 3.88. The van der Waals surface area contributed by atoms with Crippen LogP contribution in [-0.4, -0.2) is 36.8 Å². The zero-order valence-electron chi connectivity index (χ0n) is 9.49. The van der Waals surface area contributed by atoms with Gasteiger partial charge in [-0.2, -0.15) is 4.98 Å². The SMILES string of the molecule is Nc1nc2nc3sc([C@@H](O)CO)cc3nc2c(=O)[nH]1. The first kappa shape index (κ1) is 12.0. The average molecular weight is 279 g/mol. The molecule has 98 valence electrons. The quantitative estimate of drug-likeness (QED) is 0.497. The molecule has 0 saturated heterocycles. The number of hydrogen-bond acceptors (Lipinski definition) is 8. The van der Waals surface area contributed by atoms with Crippen molar-refractivity contribution in [3.05, 3.63) is 21.3 Å². The molecular weight excluding hydrogens is 270 g/mol. The van der Waals surface area contributed by atoms with Crippen molar-refractivity contribution in [1.29, 1.82) is 0 Å². The molecule has 1 atom stereocenters. The van der Waals surface area contributed by atoms with Crippen LogP contribution < -0.4 is 11.3 Å². The summed E-state index contributed by atoms with van der Waals surface area (Å²) in [6.45, 7) is -0.391. The first-order chi connectivity index (χ1) is 9.08. The number of aliphatic hydroxyl groups is 2. The Balaban J connectivity index is 2.31. The number of rotatable bonds is 2. The van der Waals surface area contributed by atoms with Crippen molar-refractivity contribution in [1.82, 2.24) is 19.9 Å². The number of nitrogen functional groups attached to an aromatic ring is 1. The van der Waals surface area contributed by atoms with E-state index >= 15 is 0 Å². The Labute approximate surface area is 109 Å². The number of hydrogen-bond donors (Lipinski definition) is 4. The summed E-state index contributed by atoms with van der Waals surface area (Å²) in [4.78, 5) is 27.3. The topological polar surface area (TPSA) is 138 Å². The van der Waals surface area contributed by atoms with Crippen LogP contribution in [0.15, 0.2) is 10.9 Å².